The summed E-state index contributed by atoms with van der Waals surface area (Å²) in [6.07, 6.45) is 4.02. The number of aryl methyl sites for hydroxylation is 1. The van der Waals surface area contributed by atoms with E-state index in [2.05, 4.69) is 9.94 Å². The van der Waals surface area contributed by atoms with Crippen molar-refractivity contribution in [2.75, 3.05) is 13.2 Å². The average Bonchev–Trinajstić information content (AvgIpc) is 2.71. The van der Waals surface area contributed by atoms with Gasteiger partial charge in [-0.25, -0.2) is 6.57 Å². The van der Waals surface area contributed by atoms with Crippen LogP contribution in [0.15, 0.2) is 6.20 Å². The Balaban J connectivity index is 2.28. The van der Waals surface area contributed by atoms with Gasteiger partial charge in [-0.1, -0.05) is 0 Å². The van der Waals surface area contributed by atoms with E-state index in [-0.39, 0.29) is 6.04 Å². The molecule has 1 fully saturated rings. The van der Waals surface area contributed by atoms with Crippen molar-refractivity contribution in [3.05, 3.63) is 28.9 Å². The van der Waals surface area contributed by atoms with Crippen LogP contribution in [0.3, 0.4) is 0 Å². The first kappa shape index (κ1) is 11.2. The van der Waals surface area contributed by atoms with Gasteiger partial charge in [0.2, 0.25) is 6.04 Å². The van der Waals surface area contributed by atoms with E-state index in [4.69, 9.17) is 11.3 Å². The molecular formula is C12H17N3O. The molecule has 1 unspecified atom stereocenters. The van der Waals surface area contributed by atoms with Crippen molar-refractivity contribution in [1.82, 2.24) is 9.78 Å². The highest BCUT2D eigenvalue weighted by atomic mass is 16.5. The summed E-state index contributed by atoms with van der Waals surface area (Å²) in [5, 5.41) is 4.52. The molecule has 1 aromatic heterocycles. The fraction of sp³-hybridized carbons (Fsp3) is 0.667. The summed E-state index contributed by atoms with van der Waals surface area (Å²) in [7, 11) is 1.92. The van der Waals surface area contributed by atoms with Crippen molar-refractivity contribution >= 4 is 0 Å². The van der Waals surface area contributed by atoms with E-state index >= 15 is 0 Å². The van der Waals surface area contributed by atoms with Gasteiger partial charge in [0.25, 0.3) is 0 Å². The van der Waals surface area contributed by atoms with Crippen LogP contribution in [0.2, 0.25) is 0 Å². The van der Waals surface area contributed by atoms with E-state index in [1.54, 1.807) is 0 Å². The average molecular weight is 219 g/mol. The lowest BCUT2D eigenvalue weighted by atomic mass is 9.92. The van der Waals surface area contributed by atoms with Gasteiger partial charge < -0.3 is 9.58 Å². The van der Waals surface area contributed by atoms with E-state index < -0.39 is 0 Å². The van der Waals surface area contributed by atoms with Gasteiger partial charge in [-0.2, -0.15) is 5.10 Å². The molecule has 16 heavy (non-hydrogen) atoms. The zero-order chi connectivity index (χ0) is 11.5. The van der Waals surface area contributed by atoms with Crippen LogP contribution < -0.4 is 0 Å². The van der Waals surface area contributed by atoms with Crippen molar-refractivity contribution in [2.24, 2.45) is 7.05 Å². The molecule has 1 aliphatic heterocycles. The van der Waals surface area contributed by atoms with Crippen LogP contribution in [-0.2, 0) is 11.8 Å². The fourth-order valence-corrected chi connectivity index (χ4v) is 2.20. The maximum atomic E-state index is 7.13. The lowest BCUT2D eigenvalue weighted by Gasteiger charge is -2.21. The molecule has 1 aromatic rings. The molecule has 0 saturated carbocycles. The van der Waals surface area contributed by atoms with E-state index in [1.807, 2.05) is 24.9 Å². The van der Waals surface area contributed by atoms with Crippen LogP contribution in [0.4, 0.5) is 0 Å². The summed E-state index contributed by atoms with van der Waals surface area (Å²) in [5.74, 6) is 0.467. The molecule has 1 aliphatic rings. The van der Waals surface area contributed by atoms with Crippen molar-refractivity contribution in [3.63, 3.8) is 0 Å². The molecule has 0 N–H and O–H groups in total. The summed E-state index contributed by atoms with van der Waals surface area (Å²) in [5.41, 5.74) is 2.19. The normalized spacial score (nSPS) is 19.3. The number of rotatable bonds is 2. The predicted octanol–water partition coefficient (Wildman–Crippen LogP) is 2.29. The highest BCUT2D eigenvalue weighted by Crippen LogP contribution is 2.32. The zero-order valence-electron chi connectivity index (χ0n) is 9.81. The lowest BCUT2D eigenvalue weighted by molar-refractivity contribution is 0.0842. The van der Waals surface area contributed by atoms with Crippen LogP contribution in [0.25, 0.3) is 4.85 Å². The van der Waals surface area contributed by atoms with Gasteiger partial charge in [0, 0.05) is 39.3 Å². The van der Waals surface area contributed by atoms with Gasteiger partial charge in [-0.3, -0.25) is 4.68 Å². The molecule has 1 atom stereocenters. The monoisotopic (exact) mass is 219 g/mol. The van der Waals surface area contributed by atoms with Crippen molar-refractivity contribution in [1.29, 1.82) is 0 Å². The Morgan fingerprint density at radius 3 is 2.88 bits per heavy atom. The van der Waals surface area contributed by atoms with Crippen LogP contribution in [-0.4, -0.2) is 23.0 Å². The largest absolute Gasteiger partial charge is 0.381 e. The van der Waals surface area contributed by atoms with E-state index in [0.717, 1.165) is 37.3 Å². The number of hydrogen-bond donors (Lipinski definition) is 0. The van der Waals surface area contributed by atoms with E-state index in [0.29, 0.717) is 5.92 Å². The standard InChI is InChI=1S/C12H17N3O/c1-9(13-2)11-8-15(3)14-12(11)10-4-6-16-7-5-10/h8-10H,4-7H2,1,3H3. The number of hydrogen-bond acceptors (Lipinski definition) is 2. The SMILES string of the molecule is [C-]#[N+]C(C)c1cn(C)nc1C1CCOCC1. The Hall–Kier alpha value is -1.34. The Bertz CT molecular complexity index is 399. The first-order valence-corrected chi connectivity index (χ1v) is 5.70. The number of ether oxygens (including phenoxy) is 1. The quantitative estimate of drug-likeness (QED) is 0.715. The summed E-state index contributed by atoms with van der Waals surface area (Å²) in [6.45, 7) is 10.7. The minimum absolute atomic E-state index is 0.0912. The Labute approximate surface area is 96.0 Å². The maximum Gasteiger partial charge on any atom is 0.249 e. The Kier molecular flexibility index (Phi) is 3.25. The second-order valence-electron chi connectivity index (χ2n) is 4.34. The zero-order valence-corrected chi connectivity index (χ0v) is 9.81. The summed E-state index contributed by atoms with van der Waals surface area (Å²) in [6, 6.07) is -0.0912. The second kappa shape index (κ2) is 4.67. The molecule has 2 heterocycles. The van der Waals surface area contributed by atoms with Gasteiger partial charge in [0.1, 0.15) is 0 Å². The lowest BCUT2D eigenvalue weighted by Crippen LogP contribution is -2.16. The van der Waals surface area contributed by atoms with E-state index in [9.17, 15) is 0 Å². The molecule has 0 amide bonds. The third-order valence-electron chi connectivity index (χ3n) is 3.14. The molecule has 0 aliphatic carbocycles. The second-order valence-corrected chi connectivity index (χ2v) is 4.34. The molecule has 0 radical (unpaired) electrons. The van der Waals surface area contributed by atoms with E-state index in [1.165, 1.54) is 0 Å². The summed E-state index contributed by atoms with van der Waals surface area (Å²) >= 11 is 0. The summed E-state index contributed by atoms with van der Waals surface area (Å²) < 4.78 is 7.18. The predicted molar refractivity (Wildman–Crippen MR) is 61.0 cm³/mol. The minimum Gasteiger partial charge on any atom is -0.381 e. The molecule has 4 nitrogen and oxygen atoms in total. The molecule has 4 heteroatoms. The molecule has 86 valence electrons. The molecule has 2 rings (SSSR count). The first-order chi connectivity index (χ1) is 7.72. The third-order valence-corrected chi connectivity index (χ3v) is 3.14. The van der Waals surface area contributed by atoms with Gasteiger partial charge in [0.05, 0.1) is 11.3 Å². The third kappa shape index (κ3) is 2.10. The molecule has 0 aromatic carbocycles. The molecule has 1 saturated heterocycles. The van der Waals surface area contributed by atoms with Crippen molar-refractivity contribution in [2.45, 2.75) is 31.7 Å². The molecule has 0 spiro atoms. The topological polar surface area (TPSA) is 31.4 Å². The maximum absolute atomic E-state index is 7.13. The van der Waals surface area contributed by atoms with Gasteiger partial charge in [-0.05, 0) is 12.8 Å². The minimum atomic E-state index is -0.0912. The number of aromatic nitrogens is 2. The van der Waals surface area contributed by atoms with Crippen LogP contribution in [0, 0.1) is 6.57 Å². The van der Waals surface area contributed by atoms with Crippen molar-refractivity contribution < 1.29 is 4.74 Å². The van der Waals surface area contributed by atoms with Gasteiger partial charge in [0.15, 0.2) is 0 Å². The highest BCUT2D eigenvalue weighted by Gasteiger charge is 2.26. The van der Waals surface area contributed by atoms with Crippen molar-refractivity contribution in [3.8, 4) is 0 Å². The Morgan fingerprint density at radius 2 is 2.25 bits per heavy atom. The molecular weight excluding hydrogens is 202 g/mol. The first-order valence-electron chi connectivity index (χ1n) is 5.70. The smallest absolute Gasteiger partial charge is 0.249 e. The highest BCUT2D eigenvalue weighted by molar-refractivity contribution is 5.26. The van der Waals surface area contributed by atoms with Gasteiger partial charge >= 0.3 is 0 Å². The molecule has 0 bridgehead atoms. The summed E-state index contributed by atoms with van der Waals surface area (Å²) in [4.78, 5) is 3.59. The Morgan fingerprint density at radius 1 is 1.56 bits per heavy atom. The van der Waals surface area contributed by atoms with Crippen LogP contribution in [0.1, 0.15) is 43.0 Å². The fourth-order valence-electron chi connectivity index (χ4n) is 2.20. The van der Waals surface area contributed by atoms with Crippen LogP contribution >= 0.6 is 0 Å². The van der Waals surface area contributed by atoms with Gasteiger partial charge in [-0.15, -0.1) is 0 Å². The number of nitrogens with zero attached hydrogens (tertiary/aromatic N) is 3. The van der Waals surface area contributed by atoms with Crippen LogP contribution in [0.5, 0.6) is 0 Å².